The van der Waals surface area contributed by atoms with E-state index in [1.807, 2.05) is 0 Å². The summed E-state index contributed by atoms with van der Waals surface area (Å²) < 4.78 is 10.8. The molecule has 0 bridgehead atoms. The van der Waals surface area contributed by atoms with E-state index >= 15 is 0 Å². The minimum absolute atomic E-state index is 0.0104. The molecule has 2 amide bonds. The van der Waals surface area contributed by atoms with E-state index in [1.54, 1.807) is 24.3 Å². The highest BCUT2D eigenvalue weighted by atomic mass is 35.5. The highest BCUT2D eigenvalue weighted by Crippen LogP contribution is 2.38. The van der Waals surface area contributed by atoms with Crippen molar-refractivity contribution < 1.29 is 24.0 Å². The van der Waals surface area contributed by atoms with Gasteiger partial charge in [-0.15, -0.1) is 0 Å². The van der Waals surface area contributed by atoms with E-state index in [0.717, 1.165) is 4.90 Å². The Morgan fingerprint density at radius 2 is 1.87 bits per heavy atom. The summed E-state index contributed by atoms with van der Waals surface area (Å²) >= 11 is 12.8. The minimum atomic E-state index is -0.656. The van der Waals surface area contributed by atoms with Crippen molar-refractivity contribution in [2.24, 2.45) is 0 Å². The van der Waals surface area contributed by atoms with Crippen LogP contribution in [0.5, 0.6) is 11.5 Å². The van der Waals surface area contributed by atoms with Gasteiger partial charge in [-0.05, 0) is 36.0 Å². The first-order valence-corrected chi connectivity index (χ1v) is 10.0. The summed E-state index contributed by atoms with van der Waals surface area (Å²) in [7, 11) is 1.51. The normalized spacial score (nSPS) is 15.0. The summed E-state index contributed by atoms with van der Waals surface area (Å²) in [5, 5.41) is 10.5. The van der Waals surface area contributed by atoms with Gasteiger partial charge in [-0.3, -0.25) is 24.6 Å². The van der Waals surface area contributed by atoms with Gasteiger partial charge >= 0.3 is 0 Å². The third-order valence-corrected chi connectivity index (χ3v) is 5.73. The average Bonchev–Trinajstić information content (AvgIpc) is 2.98. The Balaban J connectivity index is 1.75. The number of rotatable bonds is 7. The number of nitro benzene ring substituents is 1. The maximum absolute atomic E-state index is 12.6. The molecular formula is C19H14Cl2N2O6S. The molecule has 2 aromatic carbocycles. The Morgan fingerprint density at radius 1 is 1.17 bits per heavy atom. The molecule has 2 aromatic rings. The van der Waals surface area contributed by atoms with Crippen LogP contribution in [0, 0.1) is 10.1 Å². The predicted octanol–water partition coefficient (Wildman–Crippen LogP) is 5.03. The highest BCUT2D eigenvalue weighted by molar-refractivity contribution is 8.18. The first-order valence-electron chi connectivity index (χ1n) is 8.47. The Bertz CT molecular complexity index is 1060. The largest absolute Gasteiger partial charge is 0.493 e. The van der Waals surface area contributed by atoms with Gasteiger partial charge in [0.1, 0.15) is 11.6 Å². The molecule has 0 aromatic heterocycles. The molecule has 0 N–H and O–H groups in total. The van der Waals surface area contributed by atoms with Crippen LogP contribution < -0.4 is 9.47 Å². The Morgan fingerprint density at radius 3 is 2.53 bits per heavy atom. The van der Waals surface area contributed by atoms with Crippen LogP contribution in [0.25, 0.3) is 6.08 Å². The van der Waals surface area contributed by atoms with E-state index in [9.17, 15) is 19.7 Å². The standard InChI is InChI=1S/C19H14Cl2N2O6S/c1-28-14-4-2-3-5-15(14)29-9-8-22-18(24)16(30-19(22)25)10-11-12(20)6-7-13(17(11)21)23(26)27/h2-7,10H,8-9H2,1H3/b16-10-. The number of para-hydroxylation sites is 2. The number of hydrogen-bond donors (Lipinski definition) is 0. The predicted molar refractivity (Wildman–Crippen MR) is 114 cm³/mol. The SMILES string of the molecule is COc1ccccc1OCCN1C(=O)S/C(=C\c2c(Cl)ccc([N+](=O)[O-])c2Cl)C1=O. The number of benzene rings is 2. The molecule has 0 spiro atoms. The number of nitrogens with zero attached hydrogens (tertiary/aromatic N) is 2. The monoisotopic (exact) mass is 468 g/mol. The number of methoxy groups -OCH3 is 1. The lowest BCUT2D eigenvalue weighted by Gasteiger charge is -2.14. The number of carbonyl (C=O) groups is 2. The van der Waals surface area contributed by atoms with Crippen LogP contribution in [0.1, 0.15) is 5.56 Å². The second-order valence-electron chi connectivity index (χ2n) is 5.88. The maximum Gasteiger partial charge on any atom is 0.293 e. The van der Waals surface area contributed by atoms with Crippen molar-refractivity contribution in [1.82, 2.24) is 4.90 Å². The second kappa shape index (κ2) is 9.38. The molecule has 156 valence electrons. The molecule has 1 fully saturated rings. The van der Waals surface area contributed by atoms with E-state index in [1.165, 1.54) is 25.3 Å². The fourth-order valence-electron chi connectivity index (χ4n) is 2.64. The van der Waals surface area contributed by atoms with Gasteiger partial charge < -0.3 is 9.47 Å². The second-order valence-corrected chi connectivity index (χ2v) is 7.66. The molecule has 1 heterocycles. The summed E-state index contributed by atoms with van der Waals surface area (Å²) in [5.74, 6) is 0.450. The summed E-state index contributed by atoms with van der Waals surface area (Å²) in [6.45, 7) is 0.0699. The van der Waals surface area contributed by atoms with E-state index < -0.39 is 16.1 Å². The summed E-state index contributed by atoms with van der Waals surface area (Å²) in [6, 6.07) is 9.47. The zero-order valence-corrected chi connectivity index (χ0v) is 17.8. The number of nitro groups is 1. The van der Waals surface area contributed by atoms with E-state index in [-0.39, 0.29) is 39.4 Å². The van der Waals surface area contributed by atoms with Gasteiger partial charge in [-0.1, -0.05) is 35.3 Å². The number of imide groups is 1. The number of halogens is 2. The van der Waals surface area contributed by atoms with Crippen molar-refractivity contribution in [2.45, 2.75) is 0 Å². The third kappa shape index (κ3) is 4.53. The molecular weight excluding hydrogens is 455 g/mol. The van der Waals surface area contributed by atoms with Crippen LogP contribution >= 0.6 is 35.0 Å². The van der Waals surface area contributed by atoms with Gasteiger partial charge in [0.05, 0.1) is 23.5 Å². The summed E-state index contributed by atoms with van der Waals surface area (Å²) in [6.07, 6.45) is 1.28. The molecule has 0 radical (unpaired) electrons. The zero-order valence-electron chi connectivity index (χ0n) is 15.5. The lowest BCUT2D eigenvalue weighted by molar-refractivity contribution is -0.384. The van der Waals surface area contributed by atoms with Crippen LogP contribution in [-0.2, 0) is 4.79 Å². The van der Waals surface area contributed by atoms with Gasteiger partial charge in [0.15, 0.2) is 11.5 Å². The van der Waals surface area contributed by atoms with Gasteiger partial charge in [0.2, 0.25) is 0 Å². The summed E-state index contributed by atoms with van der Waals surface area (Å²) in [4.78, 5) is 36.4. The van der Waals surface area contributed by atoms with Gasteiger partial charge in [-0.2, -0.15) is 0 Å². The molecule has 30 heavy (non-hydrogen) atoms. The molecule has 1 saturated heterocycles. The number of amides is 2. The molecule has 11 heteroatoms. The topological polar surface area (TPSA) is 99.0 Å². The van der Waals surface area contributed by atoms with Crippen LogP contribution in [0.4, 0.5) is 10.5 Å². The first kappa shape index (κ1) is 21.9. The minimum Gasteiger partial charge on any atom is -0.493 e. The molecule has 0 unspecified atom stereocenters. The van der Waals surface area contributed by atoms with Crippen LogP contribution in [0.2, 0.25) is 10.0 Å². The summed E-state index contributed by atoms with van der Waals surface area (Å²) in [5.41, 5.74) is -0.250. The van der Waals surface area contributed by atoms with E-state index in [4.69, 9.17) is 32.7 Å². The Hall–Kier alpha value is -2.75. The third-order valence-electron chi connectivity index (χ3n) is 4.09. The fraction of sp³-hybridized carbons (Fsp3) is 0.158. The van der Waals surface area contributed by atoms with Crippen LogP contribution in [0.15, 0.2) is 41.3 Å². The van der Waals surface area contributed by atoms with Crippen molar-refractivity contribution in [2.75, 3.05) is 20.3 Å². The van der Waals surface area contributed by atoms with Crippen LogP contribution in [-0.4, -0.2) is 41.2 Å². The molecule has 0 saturated carbocycles. The maximum atomic E-state index is 12.6. The molecule has 3 rings (SSSR count). The van der Waals surface area contributed by atoms with Crippen molar-refractivity contribution in [3.8, 4) is 11.5 Å². The number of thioether (sulfide) groups is 1. The molecule has 1 aliphatic heterocycles. The van der Waals surface area contributed by atoms with Crippen LogP contribution in [0.3, 0.4) is 0 Å². The van der Waals surface area contributed by atoms with Gasteiger partial charge in [0, 0.05) is 16.7 Å². The van der Waals surface area contributed by atoms with Gasteiger partial charge in [-0.25, -0.2) is 0 Å². The van der Waals surface area contributed by atoms with E-state index in [2.05, 4.69) is 0 Å². The highest BCUT2D eigenvalue weighted by Gasteiger charge is 2.35. The van der Waals surface area contributed by atoms with Crippen molar-refractivity contribution in [3.63, 3.8) is 0 Å². The van der Waals surface area contributed by atoms with Crippen molar-refractivity contribution >= 4 is 57.9 Å². The van der Waals surface area contributed by atoms with E-state index in [0.29, 0.717) is 23.3 Å². The number of carbonyl (C=O) groups excluding carboxylic acids is 2. The zero-order chi connectivity index (χ0) is 21.8. The Labute approximate surface area is 185 Å². The Kier molecular flexibility index (Phi) is 6.86. The number of hydrogen-bond acceptors (Lipinski definition) is 7. The molecule has 0 aliphatic carbocycles. The average molecular weight is 469 g/mol. The molecule has 8 nitrogen and oxygen atoms in total. The van der Waals surface area contributed by atoms with Crippen molar-refractivity contribution in [3.05, 3.63) is 67.0 Å². The smallest absolute Gasteiger partial charge is 0.293 e. The molecule has 1 aliphatic rings. The number of ether oxygens (including phenoxy) is 2. The lowest BCUT2D eigenvalue weighted by atomic mass is 10.1. The van der Waals surface area contributed by atoms with Gasteiger partial charge in [0.25, 0.3) is 16.8 Å². The molecule has 0 atom stereocenters. The van der Waals surface area contributed by atoms with Crippen molar-refractivity contribution in [1.29, 1.82) is 0 Å². The first-order chi connectivity index (χ1) is 14.3. The lowest BCUT2D eigenvalue weighted by Crippen LogP contribution is -2.32. The quantitative estimate of drug-likeness (QED) is 0.319. The fourth-order valence-corrected chi connectivity index (χ4v) is 4.04.